The summed E-state index contributed by atoms with van der Waals surface area (Å²) in [5.74, 6) is 1.50. The maximum absolute atomic E-state index is 12.8. The smallest absolute Gasteiger partial charge is 0.227 e. The number of imidazole rings is 1. The molecule has 4 heterocycles. The van der Waals surface area contributed by atoms with E-state index >= 15 is 0 Å². The molecule has 7 nitrogen and oxygen atoms in total. The zero-order valence-electron chi connectivity index (χ0n) is 14.6. The minimum absolute atomic E-state index is 0.0189. The lowest BCUT2D eigenvalue weighted by Crippen LogP contribution is -2.32. The first-order valence-corrected chi connectivity index (χ1v) is 8.74. The SMILES string of the molecule is Cc1nc(-c2ncc[nH]2)cc(C2CCCN2C(=O)Cc2cccnc2)n1. The molecule has 0 spiro atoms. The van der Waals surface area contributed by atoms with Gasteiger partial charge in [-0.15, -0.1) is 0 Å². The average molecular weight is 348 g/mol. The van der Waals surface area contributed by atoms with Crippen LogP contribution in [0.5, 0.6) is 0 Å². The van der Waals surface area contributed by atoms with Crippen LogP contribution in [-0.2, 0) is 11.2 Å². The van der Waals surface area contributed by atoms with E-state index in [9.17, 15) is 4.79 Å². The van der Waals surface area contributed by atoms with Crippen molar-refractivity contribution in [3.05, 3.63) is 60.1 Å². The number of amides is 1. The Bertz CT molecular complexity index is 894. The standard InChI is InChI=1S/C19H20N6O/c1-13-23-15(11-16(24-13)19-21-7-8-22-19)17-5-3-9-25(17)18(26)10-14-4-2-6-20-12-14/h2,4,6-8,11-12,17H,3,5,9-10H2,1H3,(H,21,22). The number of likely N-dealkylation sites (tertiary alicyclic amines) is 1. The van der Waals surface area contributed by atoms with Crippen LogP contribution in [0.2, 0.25) is 0 Å². The van der Waals surface area contributed by atoms with Gasteiger partial charge in [0.1, 0.15) is 11.5 Å². The molecule has 26 heavy (non-hydrogen) atoms. The van der Waals surface area contributed by atoms with Gasteiger partial charge >= 0.3 is 0 Å². The minimum atomic E-state index is -0.0189. The number of aromatic nitrogens is 5. The number of H-pyrrole nitrogens is 1. The van der Waals surface area contributed by atoms with E-state index in [1.807, 2.05) is 30.0 Å². The first kappa shape index (κ1) is 16.4. The van der Waals surface area contributed by atoms with Gasteiger partial charge in [0, 0.05) is 31.3 Å². The van der Waals surface area contributed by atoms with Crippen LogP contribution in [0.15, 0.2) is 43.0 Å². The fourth-order valence-electron chi connectivity index (χ4n) is 3.44. The van der Waals surface area contributed by atoms with Crippen molar-refractivity contribution in [2.45, 2.75) is 32.2 Å². The van der Waals surface area contributed by atoms with Crippen molar-refractivity contribution < 1.29 is 4.79 Å². The fraction of sp³-hybridized carbons (Fsp3) is 0.316. The summed E-state index contributed by atoms with van der Waals surface area (Å²) in [6.45, 7) is 2.62. The summed E-state index contributed by atoms with van der Waals surface area (Å²) in [5.41, 5.74) is 2.56. The van der Waals surface area contributed by atoms with E-state index < -0.39 is 0 Å². The van der Waals surface area contributed by atoms with E-state index in [1.165, 1.54) is 0 Å². The first-order valence-electron chi connectivity index (χ1n) is 8.74. The topological polar surface area (TPSA) is 87.7 Å². The van der Waals surface area contributed by atoms with Gasteiger partial charge in [-0.25, -0.2) is 15.0 Å². The van der Waals surface area contributed by atoms with Crippen LogP contribution in [-0.4, -0.2) is 42.3 Å². The Morgan fingerprint density at radius 3 is 3.04 bits per heavy atom. The number of hydrogen-bond acceptors (Lipinski definition) is 5. The minimum Gasteiger partial charge on any atom is -0.343 e. The van der Waals surface area contributed by atoms with Crippen LogP contribution in [0.4, 0.5) is 0 Å². The van der Waals surface area contributed by atoms with E-state index in [2.05, 4.69) is 24.9 Å². The molecule has 0 bridgehead atoms. The van der Waals surface area contributed by atoms with Crippen molar-refractivity contribution in [3.63, 3.8) is 0 Å². The first-order chi connectivity index (χ1) is 12.7. The molecule has 0 saturated carbocycles. The van der Waals surface area contributed by atoms with Crippen molar-refractivity contribution in [3.8, 4) is 11.5 Å². The normalized spacial score (nSPS) is 16.8. The Balaban J connectivity index is 1.59. The molecule has 1 amide bonds. The Hall–Kier alpha value is -3.09. The van der Waals surface area contributed by atoms with E-state index in [4.69, 9.17) is 0 Å². The number of aromatic amines is 1. The summed E-state index contributed by atoms with van der Waals surface area (Å²) < 4.78 is 0. The van der Waals surface area contributed by atoms with Gasteiger partial charge in [-0.05, 0) is 37.5 Å². The predicted octanol–water partition coefficient (Wildman–Crippen LogP) is 2.48. The zero-order valence-corrected chi connectivity index (χ0v) is 14.6. The molecule has 1 atom stereocenters. The predicted molar refractivity (Wildman–Crippen MR) is 96.0 cm³/mol. The zero-order chi connectivity index (χ0) is 17.9. The molecule has 3 aromatic heterocycles. The van der Waals surface area contributed by atoms with Crippen LogP contribution in [0.3, 0.4) is 0 Å². The lowest BCUT2D eigenvalue weighted by Gasteiger charge is -2.25. The molecule has 132 valence electrons. The van der Waals surface area contributed by atoms with Crippen molar-refractivity contribution in [1.82, 2.24) is 29.8 Å². The largest absolute Gasteiger partial charge is 0.343 e. The lowest BCUT2D eigenvalue weighted by atomic mass is 10.1. The number of hydrogen-bond donors (Lipinski definition) is 1. The maximum atomic E-state index is 12.8. The number of carbonyl (C=O) groups excluding carboxylic acids is 1. The van der Waals surface area contributed by atoms with Gasteiger partial charge in [-0.1, -0.05) is 6.07 Å². The molecule has 4 rings (SSSR count). The number of pyridine rings is 1. The summed E-state index contributed by atoms with van der Waals surface area (Å²) in [4.78, 5) is 35.3. The lowest BCUT2D eigenvalue weighted by molar-refractivity contribution is -0.131. The summed E-state index contributed by atoms with van der Waals surface area (Å²) in [7, 11) is 0. The monoisotopic (exact) mass is 348 g/mol. The molecule has 3 aromatic rings. The number of nitrogens with zero attached hydrogens (tertiary/aromatic N) is 5. The van der Waals surface area contributed by atoms with Crippen LogP contribution in [0.1, 0.15) is 36.0 Å². The molecule has 0 radical (unpaired) electrons. The van der Waals surface area contributed by atoms with E-state index in [0.29, 0.717) is 18.1 Å². The van der Waals surface area contributed by atoms with Crippen LogP contribution < -0.4 is 0 Å². The molecular weight excluding hydrogens is 328 g/mol. The van der Waals surface area contributed by atoms with E-state index in [0.717, 1.165) is 36.3 Å². The maximum Gasteiger partial charge on any atom is 0.227 e. The molecule has 1 saturated heterocycles. The van der Waals surface area contributed by atoms with Crippen molar-refractivity contribution in [1.29, 1.82) is 0 Å². The molecule has 1 aliphatic rings. The molecular formula is C19H20N6O. The average Bonchev–Trinajstić information content (AvgIpc) is 3.34. The Kier molecular flexibility index (Phi) is 4.43. The highest BCUT2D eigenvalue weighted by atomic mass is 16.2. The highest BCUT2D eigenvalue weighted by Gasteiger charge is 2.31. The van der Waals surface area contributed by atoms with Crippen molar-refractivity contribution in [2.24, 2.45) is 0 Å². The van der Waals surface area contributed by atoms with Gasteiger partial charge in [0.15, 0.2) is 5.82 Å². The summed E-state index contributed by atoms with van der Waals surface area (Å²) in [6.07, 6.45) is 9.17. The summed E-state index contributed by atoms with van der Waals surface area (Å²) >= 11 is 0. The number of carbonyl (C=O) groups is 1. The second-order valence-electron chi connectivity index (χ2n) is 6.45. The molecule has 0 aromatic carbocycles. The van der Waals surface area contributed by atoms with E-state index in [1.54, 1.807) is 24.8 Å². The van der Waals surface area contributed by atoms with Gasteiger partial charge in [-0.3, -0.25) is 9.78 Å². The van der Waals surface area contributed by atoms with Crippen LogP contribution in [0.25, 0.3) is 11.5 Å². The number of aryl methyl sites for hydroxylation is 1. The van der Waals surface area contributed by atoms with Gasteiger partial charge in [-0.2, -0.15) is 0 Å². The van der Waals surface area contributed by atoms with Gasteiger partial charge in [0.25, 0.3) is 0 Å². The number of nitrogens with one attached hydrogen (secondary N) is 1. The van der Waals surface area contributed by atoms with Gasteiger partial charge < -0.3 is 9.88 Å². The molecule has 1 fully saturated rings. The Morgan fingerprint density at radius 2 is 2.27 bits per heavy atom. The second-order valence-corrected chi connectivity index (χ2v) is 6.45. The van der Waals surface area contributed by atoms with Gasteiger partial charge in [0.2, 0.25) is 5.91 Å². The summed E-state index contributed by atoms with van der Waals surface area (Å²) in [5, 5.41) is 0. The van der Waals surface area contributed by atoms with Crippen molar-refractivity contribution >= 4 is 5.91 Å². The van der Waals surface area contributed by atoms with Crippen LogP contribution in [0, 0.1) is 6.92 Å². The molecule has 1 unspecified atom stereocenters. The molecule has 0 aliphatic carbocycles. The fourth-order valence-corrected chi connectivity index (χ4v) is 3.44. The van der Waals surface area contributed by atoms with Crippen LogP contribution >= 0.6 is 0 Å². The third-order valence-corrected chi connectivity index (χ3v) is 4.59. The second kappa shape index (κ2) is 7.03. The quantitative estimate of drug-likeness (QED) is 0.782. The van der Waals surface area contributed by atoms with Gasteiger partial charge in [0.05, 0.1) is 18.2 Å². The molecule has 1 N–H and O–H groups in total. The number of rotatable bonds is 4. The third kappa shape index (κ3) is 3.33. The Labute approximate surface area is 151 Å². The highest BCUT2D eigenvalue weighted by Crippen LogP contribution is 2.32. The van der Waals surface area contributed by atoms with Crippen molar-refractivity contribution in [2.75, 3.05) is 6.54 Å². The molecule has 1 aliphatic heterocycles. The third-order valence-electron chi connectivity index (χ3n) is 4.59. The highest BCUT2D eigenvalue weighted by molar-refractivity contribution is 5.79. The van der Waals surface area contributed by atoms with E-state index in [-0.39, 0.29) is 11.9 Å². The summed E-state index contributed by atoms with van der Waals surface area (Å²) in [6, 6.07) is 5.70. The molecule has 7 heteroatoms. The Morgan fingerprint density at radius 1 is 1.35 bits per heavy atom.